The molecule has 4 nitrogen and oxygen atoms in total. The van der Waals surface area contributed by atoms with Crippen LogP contribution in [0.5, 0.6) is 17.2 Å². The van der Waals surface area contributed by atoms with E-state index >= 15 is 0 Å². The Bertz CT molecular complexity index is 306. The lowest BCUT2D eigenvalue weighted by Gasteiger charge is -2.03. The van der Waals surface area contributed by atoms with Gasteiger partial charge in [0.15, 0.2) is 11.5 Å². The minimum atomic E-state index is -0.545. The van der Waals surface area contributed by atoms with Gasteiger partial charge in [-0.3, -0.25) is 4.79 Å². The summed E-state index contributed by atoms with van der Waals surface area (Å²) in [5.41, 5.74) is 0. The number of phenols is 2. The van der Waals surface area contributed by atoms with Crippen LogP contribution in [0.3, 0.4) is 0 Å². The molecular weight excluding hydrogens is 160 g/mol. The summed E-state index contributed by atoms with van der Waals surface area (Å²) >= 11 is 0. The molecule has 0 saturated carbocycles. The first-order valence-corrected chi connectivity index (χ1v) is 3.30. The van der Waals surface area contributed by atoms with Crippen LogP contribution in [-0.2, 0) is 4.79 Å². The van der Waals surface area contributed by atoms with Gasteiger partial charge in [0.2, 0.25) is 5.75 Å². The largest absolute Gasteiger partial charge is 0.504 e. The molecule has 0 atom stereocenters. The molecule has 0 unspecified atom stereocenters. The van der Waals surface area contributed by atoms with E-state index in [1.54, 1.807) is 0 Å². The molecule has 1 rings (SSSR count). The average molecular weight is 168 g/mol. The highest BCUT2D eigenvalue weighted by atomic mass is 16.5. The standard InChI is InChI=1S/C8H8O4/c1-5(9)12-7-4-2-3-6(10)8(7)11/h2-4,10-11H,1H3. The lowest BCUT2D eigenvalue weighted by Crippen LogP contribution is -2.01. The van der Waals surface area contributed by atoms with Crippen molar-refractivity contribution in [1.82, 2.24) is 0 Å². The molecule has 0 bridgehead atoms. The first-order chi connectivity index (χ1) is 5.61. The van der Waals surface area contributed by atoms with Crippen molar-refractivity contribution in [3.63, 3.8) is 0 Å². The van der Waals surface area contributed by atoms with Gasteiger partial charge >= 0.3 is 5.97 Å². The first-order valence-electron chi connectivity index (χ1n) is 3.30. The van der Waals surface area contributed by atoms with Crippen LogP contribution in [0.2, 0.25) is 0 Å². The number of aromatic hydroxyl groups is 2. The molecule has 4 heteroatoms. The molecule has 2 N–H and O–H groups in total. The highest BCUT2D eigenvalue weighted by Crippen LogP contribution is 2.34. The van der Waals surface area contributed by atoms with Crippen molar-refractivity contribution >= 4 is 5.97 Å². The Balaban J connectivity index is 3.00. The fraction of sp³-hybridized carbons (Fsp3) is 0.125. The third-order valence-corrected chi connectivity index (χ3v) is 1.23. The van der Waals surface area contributed by atoms with Gasteiger partial charge < -0.3 is 14.9 Å². The minimum absolute atomic E-state index is 0.0394. The lowest BCUT2D eigenvalue weighted by atomic mass is 10.3. The Labute approximate surface area is 69.0 Å². The van der Waals surface area contributed by atoms with E-state index in [9.17, 15) is 4.79 Å². The maximum Gasteiger partial charge on any atom is 0.308 e. The number of hydrogen-bond donors (Lipinski definition) is 2. The van der Waals surface area contributed by atoms with E-state index in [-0.39, 0.29) is 11.5 Å². The molecule has 0 saturated heterocycles. The maximum atomic E-state index is 10.5. The molecule has 1 aromatic carbocycles. The predicted octanol–water partition coefficient (Wildman–Crippen LogP) is 1.02. The zero-order valence-electron chi connectivity index (χ0n) is 6.44. The fourth-order valence-electron chi connectivity index (χ4n) is 0.748. The van der Waals surface area contributed by atoms with Gasteiger partial charge in [-0.2, -0.15) is 0 Å². The summed E-state index contributed by atoms with van der Waals surface area (Å²) in [4.78, 5) is 10.5. The van der Waals surface area contributed by atoms with E-state index in [0.717, 1.165) is 0 Å². The number of para-hydroxylation sites is 1. The topological polar surface area (TPSA) is 66.8 Å². The van der Waals surface area contributed by atoms with Gasteiger partial charge in [-0.05, 0) is 12.1 Å². The van der Waals surface area contributed by atoms with Crippen molar-refractivity contribution in [2.75, 3.05) is 0 Å². The van der Waals surface area contributed by atoms with Crippen LogP contribution in [0, 0.1) is 0 Å². The molecule has 0 amide bonds. The Morgan fingerprint density at radius 1 is 1.42 bits per heavy atom. The first kappa shape index (κ1) is 8.39. The second-order valence-electron chi connectivity index (χ2n) is 2.22. The SMILES string of the molecule is CC(=O)Oc1cccc(O)c1O. The highest BCUT2D eigenvalue weighted by Gasteiger charge is 2.07. The predicted molar refractivity (Wildman–Crippen MR) is 41.1 cm³/mol. The Morgan fingerprint density at radius 2 is 2.08 bits per heavy atom. The Kier molecular flexibility index (Phi) is 2.19. The van der Waals surface area contributed by atoms with Crippen LogP contribution in [0.4, 0.5) is 0 Å². The number of rotatable bonds is 1. The average Bonchev–Trinajstić information content (AvgIpc) is 1.98. The van der Waals surface area contributed by atoms with Crippen LogP contribution >= 0.6 is 0 Å². The van der Waals surface area contributed by atoms with E-state index in [0.29, 0.717) is 0 Å². The number of benzene rings is 1. The quantitative estimate of drug-likeness (QED) is 0.373. The monoisotopic (exact) mass is 168 g/mol. The number of carbonyl (C=O) groups excluding carboxylic acids is 1. The molecule has 1 aromatic rings. The molecule has 12 heavy (non-hydrogen) atoms. The van der Waals surface area contributed by atoms with Crippen molar-refractivity contribution < 1.29 is 19.7 Å². The van der Waals surface area contributed by atoms with Gasteiger partial charge in [0, 0.05) is 6.92 Å². The molecule has 0 aliphatic carbocycles. The van der Waals surface area contributed by atoms with E-state index < -0.39 is 11.7 Å². The number of carbonyl (C=O) groups is 1. The maximum absolute atomic E-state index is 10.5. The van der Waals surface area contributed by atoms with Crippen LogP contribution in [0.15, 0.2) is 18.2 Å². The Hall–Kier alpha value is -1.71. The normalized spacial score (nSPS) is 9.42. The van der Waals surface area contributed by atoms with Crippen molar-refractivity contribution in [3.8, 4) is 17.2 Å². The van der Waals surface area contributed by atoms with Crippen molar-refractivity contribution in [1.29, 1.82) is 0 Å². The molecule has 0 radical (unpaired) electrons. The summed E-state index contributed by atoms with van der Waals surface area (Å²) in [6.45, 7) is 1.21. The molecule has 0 spiro atoms. The van der Waals surface area contributed by atoms with E-state index in [1.807, 2.05) is 0 Å². The second kappa shape index (κ2) is 3.13. The number of esters is 1. The van der Waals surface area contributed by atoms with Crippen LogP contribution in [0.25, 0.3) is 0 Å². The van der Waals surface area contributed by atoms with E-state index in [2.05, 4.69) is 4.74 Å². The fourth-order valence-corrected chi connectivity index (χ4v) is 0.748. The summed E-state index contributed by atoms with van der Waals surface area (Å²) in [5, 5.41) is 18.1. The third-order valence-electron chi connectivity index (χ3n) is 1.23. The zero-order chi connectivity index (χ0) is 9.14. The van der Waals surface area contributed by atoms with Gasteiger partial charge in [-0.1, -0.05) is 6.07 Å². The van der Waals surface area contributed by atoms with Gasteiger partial charge in [0.05, 0.1) is 0 Å². The van der Waals surface area contributed by atoms with Gasteiger partial charge in [0.1, 0.15) is 0 Å². The number of hydrogen-bond acceptors (Lipinski definition) is 4. The Morgan fingerprint density at radius 3 is 2.67 bits per heavy atom. The van der Waals surface area contributed by atoms with Gasteiger partial charge in [0.25, 0.3) is 0 Å². The molecule has 0 aliphatic heterocycles. The molecule has 64 valence electrons. The van der Waals surface area contributed by atoms with Gasteiger partial charge in [-0.25, -0.2) is 0 Å². The summed E-state index contributed by atoms with van der Waals surface area (Å²) in [6.07, 6.45) is 0. The van der Waals surface area contributed by atoms with Crippen LogP contribution in [-0.4, -0.2) is 16.2 Å². The van der Waals surface area contributed by atoms with E-state index in [4.69, 9.17) is 10.2 Å². The van der Waals surface area contributed by atoms with Crippen LogP contribution < -0.4 is 4.74 Å². The summed E-state index contributed by atoms with van der Waals surface area (Å²) in [5.74, 6) is -1.32. The summed E-state index contributed by atoms with van der Waals surface area (Å²) < 4.78 is 4.58. The summed E-state index contributed by atoms with van der Waals surface area (Å²) in [7, 11) is 0. The second-order valence-corrected chi connectivity index (χ2v) is 2.22. The third kappa shape index (κ3) is 1.66. The molecular formula is C8H8O4. The summed E-state index contributed by atoms with van der Waals surface area (Å²) in [6, 6.07) is 4.14. The van der Waals surface area contributed by atoms with Crippen molar-refractivity contribution in [3.05, 3.63) is 18.2 Å². The smallest absolute Gasteiger partial charge is 0.308 e. The molecule has 0 fully saturated rings. The van der Waals surface area contributed by atoms with Gasteiger partial charge in [-0.15, -0.1) is 0 Å². The molecule has 0 aliphatic rings. The minimum Gasteiger partial charge on any atom is -0.504 e. The number of ether oxygens (including phenoxy) is 1. The van der Waals surface area contributed by atoms with Crippen LogP contribution in [0.1, 0.15) is 6.92 Å². The number of phenolic OH excluding ortho intramolecular Hbond substituents is 2. The highest BCUT2D eigenvalue weighted by molar-refractivity contribution is 5.70. The zero-order valence-corrected chi connectivity index (χ0v) is 6.44. The van der Waals surface area contributed by atoms with Crippen molar-refractivity contribution in [2.24, 2.45) is 0 Å². The lowest BCUT2D eigenvalue weighted by molar-refractivity contribution is -0.132. The van der Waals surface area contributed by atoms with E-state index in [1.165, 1.54) is 25.1 Å². The van der Waals surface area contributed by atoms with Crippen molar-refractivity contribution in [2.45, 2.75) is 6.92 Å². The molecule has 0 aromatic heterocycles. The molecule has 0 heterocycles.